The van der Waals surface area contributed by atoms with Crippen molar-refractivity contribution < 1.29 is 9.90 Å². The van der Waals surface area contributed by atoms with Gasteiger partial charge in [-0.1, -0.05) is 12.1 Å². The van der Waals surface area contributed by atoms with Gasteiger partial charge in [0.05, 0.1) is 5.52 Å². The number of amides is 1. The smallest absolute Gasteiger partial charge is 0.221 e. The molecule has 0 saturated heterocycles. The van der Waals surface area contributed by atoms with Gasteiger partial charge < -0.3 is 15.4 Å². The minimum atomic E-state index is -0.144. The number of aromatic hydroxyl groups is 1. The molecule has 1 aromatic heterocycles. The van der Waals surface area contributed by atoms with Crippen LogP contribution in [0, 0.1) is 0 Å². The van der Waals surface area contributed by atoms with Crippen LogP contribution >= 0.6 is 0 Å². The molecule has 24 heavy (non-hydrogen) atoms. The summed E-state index contributed by atoms with van der Waals surface area (Å²) in [5.74, 6) is -0.0774. The lowest BCUT2D eigenvalue weighted by Gasteiger charge is -2.01. The number of rotatable bonds is 2. The van der Waals surface area contributed by atoms with Crippen molar-refractivity contribution >= 4 is 34.3 Å². The lowest BCUT2D eigenvalue weighted by molar-refractivity contribution is -0.114. The molecule has 7 heteroatoms. The second-order valence-corrected chi connectivity index (χ2v) is 5.51. The van der Waals surface area contributed by atoms with E-state index in [1.54, 1.807) is 12.1 Å². The number of carbonyl (C=O) groups excluding carboxylic acids is 1. The van der Waals surface area contributed by atoms with Gasteiger partial charge in [0.1, 0.15) is 11.0 Å². The molecule has 3 aromatic rings. The van der Waals surface area contributed by atoms with Crippen LogP contribution in [0.25, 0.3) is 17.0 Å². The van der Waals surface area contributed by atoms with Crippen molar-refractivity contribution in [2.75, 3.05) is 5.32 Å². The fourth-order valence-corrected chi connectivity index (χ4v) is 2.71. The first kappa shape index (κ1) is 14.1. The maximum atomic E-state index is 11.2. The zero-order valence-electron chi connectivity index (χ0n) is 12.7. The summed E-state index contributed by atoms with van der Waals surface area (Å²) in [5, 5.41) is 26.9. The average Bonchev–Trinajstić information content (AvgIpc) is 3.11. The molecule has 7 nitrogen and oxygen atoms in total. The molecule has 0 unspecified atom stereocenters. The molecular formula is C17H13N5O2. The molecule has 1 aliphatic rings. The second kappa shape index (κ2) is 5.31. The van der Waals surface area contributed by atoms with Crippen LogP contribution in [0.4, 0.5) is 11.4 Å². The third-order valence-electron chi connectivity index (χ3n) is 3.75. The highest BCUT2D eigenvalue weighted by Gasteiger charge is 2.10. The minimum absolute atomic E-state index is 0.0665. The van der Waals surface area contributed by atoms with Crippen LogP contribution in [0.5, 0.6) is 5.88 Å². The Morgan fingerprint density at radius 2 is 2.12 bits per heavy atom. The molecule has 2 aromatic carbocycles. The zero-order valence-corrected chi connectivity index (χ0v) is 12.7. The Morgan fingerprint density at radius 1 is 1.25 bits per heavy atom. The highest BCUT2D eigenvalue weighted by atomic mass is 16.3. The molecule has 0 saturated carbocycles. The highest BCUT2D eigenvalue weighted by molar-refractivity contribution is 5.96. The Labute approximate surface area is 136 Å². The van der Waals surface area contributed by atoms with Crippen molar-refractivity contribution in [1.29, 1.82) is 0 Å². The summed E-state index contributed by atoms with van der Waals surface area (Å²) >= 11 is 0. The van der Waals surface area contributed by atoms with E-state index >= 15 is 0 Å². The Hall–Kier alpha value is -3.48. The first-order valence-electron chi connectivity index (χ1n) is 7.33. The summed E-state index contributed by atoms with van der Waals surface area (Å²) in [7, 11) is 0. The SMILES string of the molecule is CC(=O)Nc1ccc2c(/C=c3\ccc4c(c3)N=NN=4)c(O)[nH]c2c1. The first-order valence-corrected chi connectivity index (χ1v) is 7.33. The van der Waals surface area contributed by atoms with E-state index in [1.165, 1.54) is 6.92 Å². The lowest BCUT2D eigenvalue weighted by Crippen LogP contribution is -2.06. The van der Waals surface area contributed by atoms with E-state index in [-0.39, 0.29) is 11.8 Å². The van der Waals surface area contributed by atoms with Crippen LogP contribution in [-0.4, -0.2) is 16.0 Å². The number of fused-ring (bicyclic) bond motifs is 2. The second-order valence-electron chi connectivity index (χ2n) is 5.51. The fourth-order valence-electron chi connectivity index (χ4n) is 2.71. The van der Waals surface area contributed by atoms with Crippen LogP contribution in [-0.2, 0) is 4.79 Å². The molecule has 2 heterocycles. The van der Waals surface area contributed by atoms with E-state index in [0.29, 0.717) is 16.9 Å². The van der Waals surface area contributed by atoms with Crippen LogP contribution in [0.3, 0.4) is 0 Å². The third kappa shape index (κ3) is 2.41. The topological polar surface area (TPSA) is 102 Å². The van der Waals surface area contributed by atoms with Gasteiger partial charge in [-0.3, -0.25) is 4.79 Å². The number of hydrogen-bond acceptors (Lipinski definition) is 5. The van der Waals surface area contributed by atoms with Crippen molar-refractivity contribution in [2.24, 2.45) is 15.4 Å². The monoisotopic (exact) mass is 319 g/mol. The summed E-state index contributed by atoms with van der Waals surface area (Å²) in [6, 6.07) is 11.0. The van der Waals surface area contributed by atoms with Crippen molar-refractivity contribution in [3.63, 3.8) is 0 Å². The molecule has 0 bridgehead atoms. The molecule has 0 fully saturated rings. The van der Waals surface area contributed by atoms with E-state index in [2.05, 4.69) is 25.7 Å². The predicted octanol–water partition coefficient (Wildman–Crippen LogP) is 2.29. The molecule has 4 rings (SSSR count). The molecule has 0 aliphatic carbocycles. The molecule has 1 amide bonds. The normalized spacial score (nSPS) is 13.1. The summed E-state index contributed by atoms with van der Waals surface area (Å²) < 4.78 is 0. The van der Waals surface area contributed by atoms with E-state index in [4.69, 9.17) is 0 Å². The Kier molecular flexibility index (Phi) is 3.13. The minimum Gasteiger partial charge on any atom is -0.494 e. The number of hydrogen-bond donors (Lipinski definition) is 3. The predicted molar refractivity (Wildman–Crippen MR) is 89.6 cm³/mol. The van der Waals surface area contributed by atoms with Crippen molar-refractivity contribution in [3.05, 3.63) is 52.5 Å². The van der Waals surface area contributed by atoms with E-state index < -0.39 is 0 Å². The molecule has 0 radical (unpaired) electrons. The number of carbonyl (C=O) groups is 1. The molecule has 0 spiro atoms. The maximum absolute atomic E-state index is 11.2. The van der Waals surface area contributed by atoms with Gasteiger partial charge in [-0.15, -0.1) is 10.2 Å². The van der Waals surface area contributed by atoms with Crippen molar-refractivity contribution in [2.45, 2.75) is 6.92 Å². The van der Waals surface area contributed by atoms with Gasteiger partial charge in [0.25, 0.3) is 0 Å². The van der Waals surface area contributed by atoms with Gasteiger partial charge in [0.15, 0.2) is 5.88 Å². The Morgan fingerprint density at radius 3 is 2.96 bits per heavy atom. The van der Waals surface area contributed by atoms with Crippen LogP contribution < -0.4 is 15.9 Å². The number of aromatic amines is 1. The molecule has 1 aliphatic heterocycles. The average molecular weight is 319 g/mol. The number of anilines is 1. The highest BCUT2D eigenvalue weighted by Crippen LogP contribution is 2.29. The van der Waals surface area contributed by atoms with Crippen molar-refractivity contribution in [3.8, 4) is 5.88 Å². The van der Waals surface area contributed by atoms with E-state index in [0.717, 1.165) is 21.5 Å². The summed E-state index contributed by atoms with van der Waals surface area (Å²) in [4.78, 5) is 14.1. The van der Waals surface area contributed by atoms with Gasteiger partial charge in [0.2, 0.25) is 5.91 Å². The summed E-state index contributed by atoms with van der Waals surface area (Å²) in [6.07, 6.45) is 1.86. The van der Waals surface area contributed by atoms with Crippen molar-refractivity contribution in [1.82, 2.24) is 4.98 Å². The number of aromatic nitrogens is 1. The Bertz CT molecular complexity index is 1130. The number of nitrogens with one attached hydrogen (secondary N) is 2. The van der Waals surface area contributed by atoms with Crippen LogP contribution in [0.1, 0.15) is 12.5 Å². The van der Waals surface area contributed by atoms with Gasteiger partial charge in [0, 0.05) is 23.6 Å². The van der Waals surface area contributed by atoms with Gasteiger partial charge in [-0.25, -0.2) is 0 Å². The molecule has 0 atom stereocenters. The van der Waals surface area contributed by atoms with E-state index in [1.807, 2.05) is 30.3 Å². The van der Waals surface area contributed by atoms with Gasteiger partial charge >= 0.3 is 0 Å². The molecule has 118 valence electrons. The van der Waals surface area contributed by atoms with E-state index in [9.17, 15) is 9.90 Å². The standard InChI is InChI=1S/C17H13N5O2/c1-9(23)18-11-3-4-12-13(17(24)19-15(12)8-11)6-10-2-5-14-16(7-10)21-22-20-14/h2-8,19,24H,1H3,(H,18,23)/b10-6+. The first-order chi connectivity index (χ1) is 11.6. The summed E-state index contributed by atoms with van der Waals surface area (Å²) in [6.45, 7) is 1.45. The quantitative estimate of drug-likeness (QED) is 0.675. The number of benzene rings is 2. The largest absolute Gasteiger partial charge is 0.494 e. The van der Waals surface area contributed by atoms with Crippen LogP contribution in [0.2, 0.25) is 0 Å². The maximum Gasteiger partial charge on any atom is 0.221 e. The molecular weight excluding hydrogens is 306 g/mol. The third-order valence-corrected chi connectivity index (χ3v) is 3.75. The zero-order chi connectivity index (χ0) is 16.7. The summed E-state index contributed by atoms with van der Waals surface area (Å²) in [5.41, 5.74) is 2.78. The Balaban J connectivity index is 1.83. The van der Waals surface area contributed by atoms with Gasteiger partial charge in [-0.05, 0) is 40.8 Å². The number of nitrogens with zero attached hydrogens (tertiary/aromatic N) is 3. The fraction of sp³-hybridized carbons (Fsp3) is 0.0588. The van der Waals surface area contributed by atoms with Crippen LogP contribution in [0.15, 0.2) is 51.8 Å². The lowest BCUT2D eigenvalue weighted by atomic mass is 10.1. The van der Waals surface area contributed by atoms with Gasteiger partial charge in [-0.2, -0.15) is 0 Å². The molecule has 3 N–H and O–H groups in total. The number of H-pyrrole nitrogens is 1.